The van der Waals surface area contributed by atoms with Gasteiger partial charge in [0.15, 0.2) is 5.16 Å². The summed E-state index contributed by atoms with van der Waals surface area (Å²) in [6.45, 7) is 7.85. The van der Waals surface area contributed by atoms with Gasteiger partial charge in [-0.05, 0) is 37.6 Å². The van der Waals surface area contributed by atoms with Crippen molar-refractivity contribution < 1.29 is 13.9 Å². The van der Waals surface area contributed by atoms with E-state index in [4.69, 9.17) is 4.74 Å². The number of piperidine rings is 1. The van der Waals surface area contributed by atoms with Gasteiger partial charge in [0.05, 0.1) is 24.7 Å². The molecule has 0 saturated carbocycles. The lowest BCUT2D eigenvalue weighted by atomic mass is 10.1. The van der Waals surface area contributed by atoms with E-state index in [2.05, 4.69) is 32.2 Å². The highest BCUT2D eigenvalue weighted by atomic mass is 32.2. The van der Waals surface area contributed by atoms with E-state index in [1.807, 2.05) is 10.6 Å². The van der Waals surface area contributed by atoms with Crippen LogP contribution in [0.3, 0.4) is 0 Å². The van der Waals surface area contributed by atoms with Gasteiger partial charge in [-0.15, -0.1) is 10.2 Å². The lowest BCUT2D eigenvalue weighted by Crippen LogP contribution is -2.45. The number of halogens is 1. The Bertz CT molecular complexity index is 881. The van der Waals surface area contributed by atoms with E-state index in [0.717, 1.165) is 32.5 Å². The summed E-state index contributed by atoms with van der Waals surface area (Å²) in [5.74, 6) is 0.543. The average molecular weight is 449 g/mol. The first-order valence-corrected chi connectivity index (χ1v) is 11.8. The zero-order valence-corrected chi connectivity index (χ0v) is 18.6. The van der Waals surface area contributed by atoms with E-state index in [9.17, 15) is 9.18 Å². The molecule has 1 aromatic carbocycles. The fourth-order valence-electron chi connectivity index (χ4n) is 3.96. The van der Waals surface area contributed by atoms with Crippen LogP contribution in [0, 0.1) is 5.82 Å². The SMILES string of the molecule is CCN1CCC(NC(=O)CSc2nnc(N3CCOCC3)n2-c2cccc(F)c2)CC1. The van der Waals surface area contributed by atoms with Crippen LogP contribution in [0.25, 0.3) is 5.69 Å². The molecule has 2 aromatic rings. The molecule has 2 fully saturated rings. The molecule has 0 bridgehead atoms. The smallest absolute Gasteiger partial charge is 0.232 e. The third kappa shape index (κ3) is 5.55. The van der Waals surface area contributed by atoms with E-state index in [0.29, 0.717) is 43.1 Å². The predicted molar refractivity (Wildman–Crippen MR) is 118 cm³/mol. The van der Waals surface area contributed by atoms with E-state index in [1.165, 1.54) is 23.9 Å². The molecule has 0 unspecified atom stereocenters. The van der Waals surface area contributed by atoms with Crippen LogP contribution >= 0.6 is 11.8 Å². The summed E-state index contributed by atoms with van der Waals surface area (Å²) in [5.41, 5.74) is 0.640. The molecule has 2 saturated heterocycles. The molecule has 10 heteroatoms. The van der Waals surface area contributed by atoms with Crippen LogP contribution in [0.15, 0.2) is 29.4 Å². The number of benzene rings is 1. The van der Waals surface area contributed by atoms with Crippen molar-refractivity contribution in [1.82, 2.24) is 25.0 Å². The topological polar surface area (TPSA) is 75.5 Å². The van der Waals surface area contributed by atoms with Crippen LogP contribution < -0.4 is 10.2 Å². The minimum Gasteiger partial charge on any atom is -0.378 e. The van der Waals surface area contributed by atoms with Gasteiger partial charge in [-0.25, -0.2) is 4.39 Å². The average Bonchev–Trinajstić information content (AvgIpc) is 3.23. The summed E-state index contributed by atoms with van der Waals surface area (Å²) < 4.78 is 21.2. The number of carbonyl (C=O) groups excluding carboxylic acids is 1. The predicted octanol–water partition coefficient (Wildman–Crippen LogP) is 1.94. The summed E-state index contributed by atoms with van der Waals surface area (Å²) in [6.07, 6.45) is 1.95. The molecule has 1 aromatic heterocycles. The largest absolute Gasteiger partial charge is 0.378 e. The minimum absolute atomic E-state index is 0.0123. The highest BCUT2D eigenvalue weighted by molar-refractivity contribution is 7.99. The number of nitrogens with zero attached hydrogens (tertiary/aromatic N) is 5. The number of hydrogen-bond acceptors (Lipinski definition) is 7. The first kappa shape index (κ1) is 22.0. The molecule has 0 aliphatic carbocycles. The van der Waals surface area contributed by atoms with Gasteiger partial charge < -0.3 is 19.9 Å². The van der Waals surface area contributed by atoms with E-state index < -0.39 is 0 Å². The number of nitrogens with one attached hydrogen (secondary N) is 1. The Hall–Kier alpha value is -2.17. The molecule has 31 heavy (non-hydrogen) atoms. The van der Waals surface area contributed by atoms with Crippen molar-refractivity contribution in [2.75, 3.05) is 56.6 Å². The first-order valence-electron chi connectivity index (χ1n) is 10.8. The third-order valence-corrected chi connectivity index (χ3v) is 6.64. The Morgan fingerprint density at radius 3 is 2.71 bits per heavy atom. The quantitative estimate of drug-likeness (QED) is 0.649. The second kappa shape index (κ2) is 10.4. The monoisotopic (exact) mass is 448 g/mol. The van der Waals surface area contributed by atoms with Crippen molar-refractivity contribution in [3.05, 3.63) is 30.1 Å². The van der Waals surface area contributed by atoms with Crippen LogP contribution in [0.2, 0.25) is 0 Å². The van der Waals surface area contributed by atoms with Gasteiger partial charge in [-0.1, -0.05) is 24.8 Å². The van der Waals surface area contributed by atoms with Crippen molar-refractivity contribution in [2.24, 2.45) is 0 Å². The Morgan fingerprint density at radius 1 is 1.23 bits per heavy atom. The molecular formula is C21H29FN6O2S. The highest BCUT2D eigenvalue weighted by Crippen LogP contribution is 2.27. The van der Waals surface area contributed by atoms with Crippen LogP contribution in [0.4, 0.5) is 10.3 Å². The fourth-order valence-corrected chi connectivity index (χ4v) is 4.72. The van der Waals surface area contributed by atoms with Gasteiger partial charge in [0.25, 0.3) is 0 Å². The lowest BCUT2D eigenvalue weighted by Gasteiger charge is -2.31. The lowest BCUT2D eigenvalue weighted by molar-refractivity contribution is -0.119. The summed E-state index contributed by atoms with van der Waals surface area (Å²) in [4.78, 5) is 17.0. The summed E-state index contributed by atoms with van der Waals surface area (Å²) in [5, 5.41) is 12.4. The molecule has 3 heterocycles. The molecule has 4 rings (SSSR count). The normalized spacial score (nSPS) is 18.3. The number of rotatable bonds is 7. The maximum atomic E-state index is 13.9. The fraction of sp³-hybridized carbons (Fsp3) is 0.571. The first-order chi connectivity index (χ1) is 15.1. The third-order valence-electron chi connectivity index (χ3n) is 5.71. The van der Waals surface area contributed by atoms with E-state index in [1.54, 1.807) is 6.07 Å². The van der Waals surface area contributed by atoms with Crippen molar-refractivity contribution >= 4 is 23.6 Å². The van der Waals surface area contributed by atoms with Gasteiger partial charge in [0.1, 0.15) is 5.82 Å². The van der Waals surface area contributed by atoms with Gasteiger partial charge in [0.2, 0.25) is 11.9 Å². The maximum absolute atomic E-state index is 13.9. The zero-order valence-electron chi connectivity index (χ0n) is 17.8. The van der Waals surface area contributed by atoms with Gasteiger partial charge in [0, 0.05) is 32.2 Å². The number of ether oxygens (including phenoxy) is 1. The second-order valence-corrected chi connectivity index (χ2v) is 8.70. The highest BCUT2D eigenvalue weighted by Gasteiger charge is 2.24. The van der Waals surface area contributed by atoms with Crippen LogP contribution in [0.5, 0.6) is 0 Å². The zero-order chi connectivity index (χ0) is 21.6. The maximum Gasteiger partial charge on any atom is 0.232 e. The molecule has 168 valence electrons. The molecular weight excluding hydrogens is 419 g/mol. The number of hydrogen-bond donors (Lipinski definition) is 1. The van der Waals surface area contributed by atoms with Gasteiger partial charge >= 0.3 is 0 Å². The molecule has 0 radical (unpaired) electrons. The minimum atomic E-state index is -0.328. The van der Waals surface area contributed by atoms with Crippen molar-refractivity contribution in [3.8, 4) is 5.69 Å². The Labute approximate surface area is 186 Å². The Morgan fingerprint density at radius 2 is 2.00 bits per heavy atom. The summed E-state index contributed by atoms with van der Waals surface area (Å²) in [6, 6.07) is 6.58. The molecule has 2 aliphatic heterocycles. The number of aromatic nitrogens is 3. The summed E-state index contributed by atoms with van der Waals surface area (Å²) in [7, 11) is 0. The second-order valence-electron chi connectivity index (χ2n) is 7.76. The van der Waals surface area contributed by atoms with Crippen LogP contribution in [0.1, 0.15) is 19.8 Å². The van der Waals surface area contributed by atoms with Crippen LogP contribution in [-0.2, 0) is 9.53 Å². The number of thioether (sulfide) groups is 1. The van der Waals surface area contributed by atoms with Crippen molar-refractivity contribution in [1.29, 1.82) is 0 Å². The number of carbonyl (C=O) groups is 1. The Kier molecular flexibility index (Phi) is 7.41. The number of anilines is 1. The van der Waals surface area contributed by atoms with E-state index >= 15 is 0 Å². The molecule has 1 amide bonds. The van der Waals surface area contributed by atoms with Gasteiger partial charge in [-0.2, -0.15) is 0 Å². The number of likely N-dealkylation sites (tertiary alicyclic amines) is 1. The molecule has 1 N–H and O–H groups in total. The number of morpholine rings is 1. The number of amides is 1. The Balaban J connectivity index is 1.45. The van der Waals surface area contributed by atoms with E-state index in [-0.39, 0.29) is 23.5 Å². The van der Waals surface area contributed by atoms with Crippen molar-refractivity contribution in [3.63, 3.8) is 0 Å². The molecule has 0 atom stereocenters. The standard InChI is InChI=1S/C21H29FN6O2S/c1-2-26-8-6-17(7-9-26)23-19(29)15-31-21-25-24-20(27-10-12-30-13-11-27)28(21)18-5-3-4-16(22)14-18/h3-5,14,17H,2,6-13,15H2,1H3,(H,23,29). The molecule has 2 aliphatic rings. The van der Waals surface area contributed by atoms with Crippen LogP contribution in [-0.4, -0.2) is 83.3 Å². The molecule has 0 spiro atoms. The summed E-state index contributed by atoms with van der Waals surface area (Å²) >= 11 is 1.32. The van der Waals surface area contributed by atoms with Gasteiger partial charge in [-0.3, -0.25) is 9.36 Å². The van der Waals surface area contributed by atoms with Crippen molar-refractivity contribution in [2.45, 2.75) is 31.0 Å². The molecule has 8 nitrogen and oxygen atoms in total.